The zero-order chi connectivity index (χ0) is 14.7. The molecule has 0 bridgehead atoms. The molecule has 3 N–H and O–H groups in total. The van der Waals surface area contributed by atoms with Gasteiger partial charge in [0.15, 0.2) is 0 Å². The Morgan fingerprint density at radius 2 is 1.90 bits per heavy atom. The van der Waals surface area contributed by atoms with Crippen LogP contribution in [0.25, 0.3) is 11.3 Å². The minimum atomic E-state index is -0.404. The lowest BCUT2D eigenvalue weighted by Crippen LogP contribution is -2.07. The van der Waals surface area contributed by atoms with Crippen LogP contribution in [0.1, 0.15) is 23.0 Å². The van der Waals surface area contributed by atoms with Gasteiger partial charge in [-0.2, -0.15) is 0 Å². The number of esters is 1. The summed E-state index contributed by atoms with van der Waals surface area (Å²) in [4.78, 5) is 15.0. The molecule has 2 rings (SSSR count). The summed E-state index contributed by atoms with van der Waals surface area (Å²) in [6.45, 7) is 3.89. The Morgan fingerprint density at radius 3 is 2.43 bits per heavy atom. The molecular weight excluding hydrogens is 292 g/mol. The van der Waals surface area contributed by atoms with Gasteiger partial charge in [-0.05, 0) is 38.1 Å². The first-order valence-corrected chi connectivity index (χ1v) is 6.38. The number of anilines is 1. The van der Waals surface area contributed by atoms with E-state index in [1.54, 1.807) is 21.0 Å². The van der Waals surface area contributed by atoms with Crippen LogP contribution in [-0.2, 0) is 4.74 Å². The molecule has 114 valence electrons. The van der Waals surface area contributed by atoms with E-state index in [9.17, 15) is 4.79 Å². The molecule has 1 heterocycles. The van der Waals surface area contributed by atoms with E-state index in [1.165, 1.54) is 0 Å². The van der Waals surface area contributed by atoms with E-state index in [0.29, 0.717) is 29.2 Å². The standard InChI is InChI=1S/C15H18N2O3.ClH/c1-4-20-15(18)12-9(2)17-14(13(12)16)10-5-7-11(19-3)8-6-10;/h5-8,17H,4,16H2,1-3H3;1H. The second kappa shape index (κ2) is 7.04. The predicted molar refractivity (Wildman–Crippen MR) is 85.1 cm³/mol. The Labute approximate surface area is 129 Å². The second-order valence-electron chi connectivity index (χ2n) is 4.36. The fourth-order valence-electron chi connectivity index (χ4n) is 2.10. The molecule has 0 saturated heterocycles. The molecule has 0 amide bonds. The highest BCUT2D eigenvalue weighted by Crippen LogP contribution is 2.31. The molecule has 0 aliphatic carbocycles. The maximum atomic E-state index is 11.9. The number of methoxy groups -OCH3 is 1. The van der Waals surface area contributed by atoms with Crippen molar-refractivity contribution in [2.24, 2.45) is 0 Å². The summed E-state index contributed by atoms with van der Waals surface area (Å²) in [7, 11) is 1.61. The Balaban J connectivity index is 0.00000220. The molecule has 0 aliphatic heterocycles. The number of carbonyl (C=O) groups excluding carboxylic acids is 1. The molecular formula is C15H19ClN2O3. The number of hydrogen-bond donors (Lipinski definition) is 2. The summed E-state index contributed by atoms with van der Waals surface area (Å²) in [5.41, 5.74) is 9.19. The smallest absolute Gasteiger partial charge is 0.342 e. The zero-order valence-corrected chi connectivity index (χ0v) is 13.0. The van der Waals surface area contributed by atoms with Crippen LogP contribution in [0.3, 0.4) is 0 Å². The summed E-state index contributed by atoms with van der Waals surface area (Å²) < 4.78 is 10.1. The van der Waals surface area contributed by atoms with Gasteiger partial charge in [0.1, 0.15) is 11.3 Å². The van der Waals surface area contributed by atoms with E-state index >= 15 is 0 Å². The van der Waals surface area contributed by atoms with Crippen molar-refractivity contribution in [3.05, 3.63) is 35.5 Å². The minimum Gasteiger partial charge on any atom is -0.497 e. The Hall–Kier alpha value is -2.14. The van der Waals surface area contributed by atoms with Crippen LogP contribution < -0.4 is 10.5 Å². The van der Waals surface area contributed by atoms with Gasteiger partial charge in [0, 0.05) is 11.3 Å². The van der Waals surface area contributed by atoms with Crippen LogP contribution in [-0.4, -0.2) is 24.7 Å². The first-order chi connectivity index (χ1) is 9.58. The molecule has 0 atom stereocenters. The number of nitrogen functional groups attached to an aromatic ring is 1. The summed E-state index contributed by atoms with van der Waals surface area (Å²) in [6.07, 6.45) is 0. The van der Waals surface area contributed by atoms with Gasteiger partial charge in [-0.3, -0.25) is 0 Å². The number of aryl methyl sites for hydroxylation is 1. The van der Waals surface area contributed by atoms with Crippen LogP contribution in [0.15, 0.2) is 24.3 Å². The quantitative estimate of drug-likeness (QED) is 0.850. The topological polar surface area (TPSA) is 77.3 Å². The van der Waals surface area contributed by atoms with Gasteiger partial charge in [-0.1, -0.05) is 0 Å². The molecule has 0 fully saturated rings. The summed E-state index contributed by atoms with van der Waals surface area (Å²) >= 11 is 0. The van der Waals surface area contributed by atoms with Crippen molar-refractivity contribution in [1.82, 2.24) is 4.98 Å². The first kappa shape index (κ1) is 16.9. The van der Waals surface area contributed by atoms with E-state index in [-0.39, 0.29) is 12.4 Å². The number of benzene rings is 1. The molecule has 0 aliphatic rings. The highest BCUT2D eigenvalue weighted by atomic mass is 35.5. The third kappa shape index (κ3) is 3.31. The van der Waals surface area contributed by atoms with Crippen molar-refractivity contribution in [2.75, 3.05) is 19.5 Å². The van der Waals surface area contributed by atoms with E-state index < -0.39 is 5.97 Å². The normalized spacial score (nSPS) is 9.86. The van der Waals surface area contributed by atoms with Gasteiger partial charge in [0.25, 0.3) is 0 Å². The number of halogens is 1. The third-order valence-electron chi connectivity index (χ3n) is 3.08. The number of rotatable bonds is 4. The number of carbonyl (C=O) groups is 1. The molecule has 2 aromatic rings. The summed E-state index contributed by atoms with van der Waals surface area (Å²) in [5.74, 6) is 0.361. The predicted octanol–water partition coefficient (Wildman–Crippen LogP) is 3.18. The molecule has 6 heteroatoms. The molecule has 0 unspecified atom stereocenters. The zero-order valence-electron chi connectivity index (χ0n) is 12.2. The molecule has 21 heavy (non-hydrogen) atoms. The van der Waals surface area contributed by atoms with Crippen molar-refractivity contribution >= 4 is 24.1 Å². The van der Waals surface area contributed by atoms with E-state index in [0.717, 1.165) is 11.3 Å². The monoisotopic (exact) mass is 310 g/mol. The second-order valence-corrected chi connectivity index (χ2v) is 4.36. The lowest BCUT2D eigenvalue weighted by molar-refractivity contribution is 0.0527. The van der Waals surface area contributed by atoms with Crippen molar-refractivity contribution in [1.29, 1.82) is 0 Å². The number of hydrogen-bond acceptors (Lipinski definition) is 4. The largest absolute Gasteiger partial charge is 0.497 e. The average molecular weight is 311 g/mol. The van der Waals surface area contributed by atoms with Gasteiger partial charge in [0.05, 0.1) is 25.1 Å². The number of aromatic nitrogens is 1. The number of aromatic amines is 1. The molecule has 1 aromatic carbocycles. The van der Waals surface area contributed by atoms with Crippen LogP contribution in [0.4, 0.5) is 5.69 Å². The Kier molecular flexibility index (Phi) is 5.67. The molecule has 5 nitrogen and oxygen atoms in total. The van der Waals surface area contributed by atoms with Gasteiger partial charge in [-0.15, -0.1) is 12.4 Å². The molecule has 0 radical (unpaired) electrons. The van der Waals surface area contributed by atoms with Crippen molar-refractivity contribution in [3.8, 4) is 17.0 Å². The Bertz CT molecular complexity index is 621. The van der Waals surface area contributed by atoms with Crippen LogP contribution in [0, 0.1) is 6.92 Å². The number of nitrogens with one attached hydrogen (secondary N) is 1. The minimum absolute atomic E-state index is 0. The van der Waals surface area contributed by atoms with Crippen LogP contribution >= 0.6 is 12.4 Å². The highest BCUT2D eigenvalue weighted by molar-refractivity contribution is 6.00. The van der Waals surface area contributed by atoms with E-state index in [1.807, 2.05) is 24.3 Å². The third-order valence-corrected chi connectivity index (χ3v) is 3.08. The maximum Gasteiger partial charge on any atom is 0.342 e. The summed E-state index contributed by atoms with van der Waals surface area (Å²) in [5, 5.41) is 0. The van der Waals surface area contributed by atoms with Gasteiger partial charge >= 0.3 is 5.97 Å². The van der Waals surface area contributed by atoms with Crippen molar-refractivity contribution in [3.63, 3.8) is 0 Å². The lowest BCUT2D eigenvalue weighted by atomic mass is 10.1. The fourth-order valence-corrected chi connectivity index (χ4v) is 2.10. The SMILES string of the molecule is CCOC(=O)c1c(C)[nH]c(-c2ccc(OC)cc2)c1N.Cl. The number of ether oxygens (including phenoxy) is 2. The molecule has 1 aromatic heterocycles. The van der Waals surface area contributed by atoms with Crippen molar-refractivity contribution in [2.45, 2.75) is 13.8 Å². The summed E-state index contributed by atoms with van der Waals surface area (Å²) in [6, 6.07) is 7.45. The fraction of sp³-hybridized carbons (Fsp3) is 0.267. The molecule has 0 spiro atoms. The Morgan fingerprint density at radius 1 is 1.29 bits per heavy atom. The van der Waals surface area contributed by atoms with Gasteiger partial charge in [-0.25, -0.2) is 4.79 Å². The first-order valence-electron chi connectivity index (χ1n) is 6.38. The van der Waals surface area contributed by atoms with Gasteiger partial charge < -0.3 is 20.2 Å². The van der Waals surface area contributed by atoms with Crippen LogP contribution in [0.5, 0.6) is 5.75 Å². The molecule has 0 saturated carbocycles. The maximum absolute atomic E-state index is 11.9. The number of H-pyrrole nitrogens is 1. The van der Waals surface area contributed by atoms with Crippen molar-refractivity contribution < 1.29 is 14.3 Å². The average Bonchev–Trinajstić information content (AvgIpc) is 2.74. The van der Waals surface area contributed by atoms with Crippen LogP contribution in [0.2, 0.25) is 0 Å². The number of nitrogens with two attached hydrogens (primary N) is 1. The van der Waals surface area contributed by atoms with Gasteiger partial charge in [0.2, 0.25) is 0 Å². The van der Waals surface area contributed by atoms with E-state index in [4.69, 9.17) is 15.2 Å². The van der Waals surface area contributed by atoms with E-state index in [2.05, 4.69) is 4.98 Å². The highest BCUT2D eigenvalue weighted by Gasteiger charge is 2.20. The lowest BCUT2D eigenvalue weighted by Gasteiger charge is -2.04.